The lowest BCUT2D eigenvalue weighted by Crippen LogP contribution is -2.39. The zero-order chi connectivity index (χ0) is 23.9. The van der Waals surface area contributed by atoms with Crippen molar-refractivity contribution in [3.8, 4) is 5.75 Å². The number of nitrogens with zero attached hydrogens (tertiary/aromatic N) is 2. The molecule has 1 aliphatic heterocycles. The van der Waals surface area contributed by atoms with Gasteiger partial charge in [0.1, 0.15) is 5.75 Å². The first-order chi connectivity index (χ1) is 15.7. The molecule has 3 aromatic rings. The zero-order valence-corrected chi connectivity index (χ0v) is 23.6. The first kappa shape index (κ1) is 24.4. The van der Waals surface area contributed by atoms with Crippen LogP contribution in [-0.4, -0.2) is 22.2 Å². The number of allylic oxidation sites excluding steroid dienone is 1. The van der Waals surface area contributed by atoms with E-state index in [-0.39, 0.29) is 17.9 Å². The fourth-order valence-electron chi connectivity index (χ4n) is 3.59. The molecule has 1 atom stereocenters. The Kier molecular flexibility index (Phi) is 7.27. The molecule has 4 rings (SSSR count). The van der Waals surface area contributed by atoms with E-state index in [0.717, 1.165) is 14.5 Å². The number of carbonyl (C=O) groups excluding carboxylic acids is 1. The third kappa shape index (κ3) is 4.75. The molecule has 0 radical (unpaired) electrons. The maximum Gasteiger partial charge on any atom is 0.338 e. The van der Waals surface area contributed by atoms with Gasteiger partial charge in [0, 0.05) is 14.5 Å². The van der Waals surface area contributed by atoms with Crippen LogP contribution in [0.15, 0.2) is 66.4 Å². The maximum absolute atomic E-state index is 13.6. The van der Waals surface area contributed by atoms with Gasteiger partial charge in [0.15, 0.2) is 4.80 Å². The summed E-state index contributed by atoms with van der Waals surface area (Å²) in [6.45, 7) is 3.70. The van der Waals surface area contributed by atoms with Crippen molar-refractivity contribution in [2.45, 2.75) is 19.9 Å². The largest absolute Gasteiger partial charge is 0.506 e. The average molecular weight is 704 g/mol. The Morgan fingerprint density at radius 2 is 1.97 bits per heavy atom. The van der Waals surface area contributed by atoms with Gasteiger partial charge in [-0.25, -0.2) is 9.79 Å². The van der Waals surface area contributed by atoms with Crippen LogP contribution in [0.3, 0.4) is 0 Å². The van der Waals surface area contributed by atoms with Crippen molar-refractivity contribution in [3.05, 3.63) is 91.0 Å². The molecule has 0 fully saturated rings. The van der Waals surface area contributed by atoms with E-state index in [0.29, 0.717) is 29.7 Å². The van der Waals surface area contributed by atoms with Crippen LogP contribution in [0.25, 0.3) is 6.08 Å². The molecular weight excluding hydrogens is 687 g/mol. The Morgan fingerprint density at radius 1 is 1.27 bits per heavy atom. The Labute approximate surface area is 223 Å². The monoisotopic (exact) mass is 702 g/mol. The Balaban J connectivity index is 1.98. The molecule has 0 bridgehead atoms. The molecule has 1 aliphatic rings. The lowest BCUT2D eigenvalue weighted by atomic mass is 9.96. The summed E-state index contributed by atoms with van der Waals surface area (Å²) >= 11 is 10.1. The van der Waals surface area contributed by atoms with Gasteiger partial charge < -0.3 is 9.84 Å². The number of esters is 1. The molecule has 170 valence electrons. The fraction of sp³-hybridized carbons (Fsp3) is 0.174. The molecule has 10 heteroatoms. The number of aromatic hydroxyl groups is 1. The number of phenols is 1. The molecule has 0 amide bonds. The highest BCUT2D eigenvalue weighted by molar-refractivity contribution is 14.1. The molecule has 1 N–H and O–H groups in total. The number of thiazole rings is 1. The number of rotatable bonds is 4. The van der Waals surface area contributed by atoms with Crippen LogP contribution < -0.4 is 14.9 Å². The summed E-state index contributed by atoms with van der Waals surface area (Å²) in [5.41, 5.74) is 1.82. The van der Waals surface area contributed by atoms with E-state index < -0.39 is 12.0 Å². The third-order valence-electron chi connectivity index (χ3n) is 5.05. The first-order valence-corrected chi connectivity index (χ1v) is 13.3. The van der Waals surface area contributed by atoms with Crippen molar-refractivity contribution in [2.24, 2.45) is 4.99 Å². The Bertz CT molecular complexity index is 1480. The molecule has 2 heterocycles. The van der Waals surface area contributed by atoms with Gasteiger partial charge in [-0.3, -0.25) is 9.36 Å². The molecule has 0 saturated carbocycles. The van der Waals surface area contributed by atoms with Crippen LogP contribution in [0, 0.1) is 3.57 Å². The summed E-state index contributed by atoms with van der Waals surface area (Å²) < 4.78 is 9.57. The summed E-state index contributed by atoms with van der Waals surface area (Å²) in [5.74, 6) is -0.405. The highest BCUT2D eigenvalue weighted by atomic mass is 127. The van der Waals surface area contributed by atoms with Crippen molar-refractivity contribution in [1.29, 1.82) is 0 Å². The molecule has 6 nitrogen and oxygen atoms in total. The normalized spacial score (nSPS) is 15.9. The van der Waals surface area contributed by atoms with Gasteiger partial charge in [0.05, 0.1) is 32.0 Å². The number of halogens is 3. The highest BCUT2D eigenvalue weighted by Crippen LogP contribution is 2.32. The number of fused-ring (bicyclic) bond motifs is 1. The average Bonchev–Trinajstić information content (AvgIpc) is 3.06. The number of phenolic OH excluding ortho intramolecular Hbond substituents is 1. The number of hydrogen-bond acceptors (Lipinski definition) is 6. The van der Waals surface area contributed by atoms with Crippen molar-refractivity contribution in [2.75, 3.05) is 6.61 Å². The van der Waals surface area contributed by atoms with Crippen LogP contribution in [-0.2, 0) is 9.53 Å². The summed E-state index contributed by atoms with van der Waals surface area (Å²) in [6, 6.07) is 10.3. The van der Waals surface area contributed by atoms with E-state index in [1.54, 1.807) is 32.1 Å². The maximum atomic E-state index is 13.6. The van der Waals surface area contributed by atoms with E-state index in [4.69, 9.17) is 4.74 Å². The summed E-state index contributed by atoms with van der Waals surface area (Å²) in [7, 11) is 0. The second-order valence-electron chi connectivity index (χ2n) is 7.18. The van der Waals surface area contributed by atoms with E-state index >= 15 is 0 Å². The third-order valence-corrected chi connectivity index (χ3v) is 7.84. The summed E-state index contributed by atoms with van der Waals surface area (Å²) in [4.78, 5) is 31.5. The minimum atomic E-state index is -0.674. The minimum Gasteiger partial charge on any atom is -0.506 e. The topological polar surface area (TPSA) is 80.9 Å². The van der Waals surface area contributed by atoms with Crippen LogP contribution in [0.4, 0.5) is 0 Å². The van der Waals surface area contributed by atoms with Gasteiger partial charge in [-0.1, -0.05) is 55.3 Å². The molecule has 0 unspecified atom stereocenters. The standard InChI is InChI=1S/C23H17Br2IN2O4S/c1-3-32-22(31)18-11(2)27-23-28(19(18)12-4-6-14(24)7-5-12)21(30)17(33-23)9-13-8-15(25)10-16(26)20(13)29/h4-10,19,29H,3H2,1-2H3/b17-9-/t19-/m0/s1. The zero-order valence-electron chi connectivity index (χ0n) is 17.4. The number of benzene rings is 2. The van der Waals surface area contributed by atoms with Gasteiger partial charge in [-0.05, 0) is 72.3 Å². The summed E-state index contributed by atoms with van der Waals surface area (Å²) in [6.07, 6.45) is 1.65. The predicted molar refractivity (Wildman–Crippen MR) is 143 cm³/mol. The van der Waals surface area contributed by atoms with Crippen molar-refractivity contribution >= 4 is 77.8 Å². The second-order valence-corrected chi connectivity index (χ2v) is 11.2. The highest BCUT2D eigenvalue weighted by Gasteiger charge is 2.33. The number of aromatic nitrogens is 1. The van der Waals surface area contributed by atoms with Crippen molar-refractivity contribution < 1.29 is 14.6 Å². The predicted octanol–water partition coefficient (Wildman–Crippen LogP) is 4.63. The summed E-state index contributed by atoms with van der Waals surface area (Å²) in [5, 5.41) is 10.5. The van der Waals surface area contributed by atoms with Crippen molar-refractivity contribution in [1.82, 2.24) is 4.57 Å². The SMILES string of the molecule is CCOC(=O)C1=C(C)N=c2s/c(=C\c3cc(Br)cc(I)c3O)c(=O)n2[C@H]1c1ccc(Br)cc1. The molecular formula is C23H17Br2IN2O4S. The molecule has 0 saturated heterocycles. The molecule has 2 aromatic carbocycles. The van der Waals surface area contributed by atoms with E-state index in [2.05, 4.69) is 36.9 Å². The quantitative estimate of drug-likeness (QED) is 0.318. The molecule has 0 spiro atoms. The molecule has 0 aliphatic carbocycles. The van der Waals surface area contributed by atoms with Crippen molar-refractivity contribution in [3.63, 3.8) is 0 Å². The number of carbonyl (C=O) groups is 1. The van der Waals surface area contributed by atoms with Gasteiger partial charge in [-0.15, -0.1) is 0 Å². The van der Waals surface area contributed by atoms with Gasteiger partial charge in [0.2, 0.25) is 0 Å². The first-order valence-electron chi connectivity index (χ1n) is 9.84. The fourth-order valence-corrected chi connectivity index (χ4v) is 6.44. The Hall–Kier alpha value is -1.76. The lowest BCUT2D eigenvalue weighted by molar-refractivity contribution is -0.139. The van der Waals surface area contributed by atoms with Crippen LogP contribution in [0.5, 0.6) is 5.75 Å². The van der Waals surface area contributed by atoms with Crippen LogP contribution in [0.2, 0.25) is 0 Å². The van der Waals surface area contributed by atoms with Gasteiger partial charge >= 0.3 is 5.97 Å². The second kappa shape index (κ2) is 9.85. The van der Waals surface area contributed by atoms with Crippen LogP contribution >= 0.6 is 65.8 Å². The van der Waals surface area contributed by atoms with E-state index in [1.807, 2.05) is 46.9 Å². The smallest absolute Gasteiger partial charge is 0.338 e. The minimum absolute atomic E-state index is 0.0949. The van der Waals surface area contributed by atoms with Crippen LogP contribution in [0.1, 0.15) is 31.0 Å². The van der Waals surface area contributed by atoms with E-state index in [1.165, 1.54) is 15.9 Å². The lowest BCUT2D eigenvalue weighted by Gasteiger charge is -2.24. The number of ether oxygens (including phenoxy) is 1. The van der Waals surface area contributed by atoms with Gasteiger partial charge in [-0.2, -0.15) is 0 Å². The van der Waals surface area contributed by atoms with E-state index in [9.17, 15) is 14.7 Å². The Morgan fingerprint density at radius 3 is 2.64 bits per heavy atom. The number of hydrogen-bond donors (Lipinski definition) is 1. The molecule has 33 heavy (non-hydrogen) atoms. The molecule has 1 aromatic heterocycles. The van der Waals surface area contributed by atoms with Gasteiger partial charge in [0.25, 0.3) is 5.56 Å².